The van der Waals surface area contributed by atoms with Gasteiger partial charge in [0.25, 0.3) is 5.91 Å². The Kier molecular flexibility index (Phi) is 7.01. The average Bonchev–Trinajstić information content (AvgIpc) is 2.90. The minimum atomic E-state index is -4.54. The lowest BCUT2D eigenvalue weighted by molar-refractivity contribution is -0.137. The molecular formula is C27H26F3NO5. The van der Waals surface area contributed by atoms with E-state index in [4.69, 9.17) is 18.9 Å². The maximum Gasteiger partial charge on any atom is 0.416 e. The number of fused-ring (bicyclic) bond motifs is 1. The monoisotopic (exact) mass is 501 g/mol. The number of carbonyl (C=O) groups excluding carboxylic acids is 1. The molecule has 1 aliphatic heterocycles. The van der Waals surface area contributed by atoms with Crippen molar-refractivity contribution in [2.75, 3.05) is 35.0 Å². The van der Waals surface area contributed by atoms with Gasteiger partial charge in [-0.2, -0.15) is 13.2 Å². The summed E-state index contributed by atoms with van der Waals surface area (Å²) in [6.07, 6.45) is -4.07. The Bertz CT molecular complexity index is 1250. The summed E-state index contributed by atoms with van der Waals surface area (Å²) in [4.78, 5) is 15.5. The molecule has 0 saturated carbocycles. The van der Waals surface area contributed by atoms with Gasteiger partial charge < -0.3 is 23.8 Å². The van der Waals surface area contributed by atoms with E-state index in [2.05, 4.69) is 0 Å². The first kappa shape index (κ1) is 25.2. The molecule has 0 N–H and O–H groups in total. The Morgan fingerprint density at radius 1 is 0.833 bits per heavy atom. The molecule has 0 aromatic heterocycles. The third-order valence-electron chi connectivity index (χ3n) is 6.31. The molecule has 1 atom stereocenters. The molecule has 0 spiro atoms. The second-order valence-electron chi connectivity index (χ2n) is 8.22. The van der Waals surface area contributed by atoms with Gasteiger partial charge in [0, 0.05) is 6.54 Å². The number of benzene rings is 3. The topological polar surface area (TPSA) is 57.2 Å². The Balaban J connectivity index is 1.93. The Hall–Kier alpha value is -3.88. The van der Waals surface area contributed by atoms with Gasteiger partial charge in [-0.25, -0.2) is 0 Å². The van der Waals surface area contributed by atoms with E-state index in [-0.39, 0.29) is 12.1 Å². The van der Waals surface area contributed by atoms with Gasteiger partial charge in [0.2, 0.25) is 0 Å². The second kappa shape index (κ2) is 10.0. The van der Waals surface area contributed by atoms with Crippen molar-refractivity contribution >= 4 is 5.91 Å². The molecule has 0 fully saturated rings. The summed E-state index contributed by atoms with van der Waals surface area (Å²) in [6, 6.07) is 12.7. The number of ether oxygens (including phenoxy) is 4. The van der Waals surface area contributed by atoms with Crippen molar-refractivity contribution in [2.45, 2.75) is 18.6 Å². The van der Waals surface area contributed by atoms with Crippen LogP contribution in [0.15, 0.2) is 54.6 Å². The number of amides is 1. The predicted molar refractivity (Wildman–Crippen MR) is 127 cm³/mol. The van der Waals surface area contributed by atoms with Crippen molar-refractivity contribution in [1.29, 1.82) is 0 Å². The summed E-state index contributed by atoms with van der Waals surface area (Å²) in [7, 11) is 5.88. The molecule has 36 heavy (non-hydrogen) atoms. The van der Waals surface area contributed by atoms with Crippen LogP contribution in [-0.4, -0.2) is 45.8 Å². The van der Waals surface area contributed by atoms with Crippen LogP contribution < -0.4 is 18.9 Å². The van der Waals surface area contributed by atoms with Crippen molar-refractivity contribution in [2.24, 2.45) is 0 Å². The summed E-state index contributed by atoms with van der Waals surface area (Å²) in [6.45, 7) is 0.253. The molecule has 4 rings (SSSR count). The first-order valence-electron chi connectivity index (χ1n) is 11.2. The molecule has 1 heterocycles. The van der Waals surface area contributed by atoms with E-state index in [0.29, 0.717) is 40.5 Å². The lowest BCUT2D eigenvalue weighted by atomic mass is 9.86. The molecule has 1 aliphatic rings. The highest BCUT2D eigenvalue weighted by Gasteiger charge is 2.38. The molecule has 190 valence electrons. The number of carbonyl (C=O) groups is 1. The molecule has 0 aliphatic carbocycles. The van der Waals surface area contributed by atoms with Gasteiger partial charge in [-0.15, -0.1) is 0 Å². The summed E-state index contributed by atoms with van der Waals surface area (Å²) >= 11 is 0. The molecule has 3 aromatic rings. The van der Waals surface area contributed by atoms with E-state index < -0.39 is 23.7 Å². The van der Waals surface area contributed by atoms with Gasteiger partial charge in [-0.05, 0) is 59.5 Å². The number of halogens is 3. The van der Waals surface area contributed by atoms with Gasteiger partial charge in [0.1, 0.15) is 17.1 Å². The second-order valence-corrected chi connectivity index (χ2v) is 8.22. The number of nitrogens with zero attached hydrogens (tertiary/aromatic N) is 1. The van der Waals surface area contributed by atoms with Gasteiger partial charge in [-0.1, -0.05) is 18.2 Å². The third-order valence-corrected chi connectivity index (χ3v) is 6.31. The Morgan fingerprint density at radius 3 is 2.00 bits per heavy atom. The van der Waals surface area contributed by atoms with Crippen LogP contribution in [-0.2, 0) is 12.6 Å². The van der Waals surface area contributed by atoms with Crippen molar-refractivity contribution in [3.05, 3.63) is 82.4 Å². The molecule has 1 amide bonds. The lowest BCUT2D eigenvalue weighted by Gasteiger charge is -2.38. The van der Waals surface area contributed by atoms with Crippen LogP contribution in [0.2, 0.25) is 0 Å². The number of hydrogen-bond acceptors (Lipinski definition) is 5. The highest BCUT2D eigenvalue weighted by molar-refractivity contribution is 6.00. The van der Waals surface area contributed by atoms with E-state index >= 15 is 0 Å². The first-order chi connectivity index (χ1) is 17.2. The highest BCUT2D eigenvalue weighted by atomic mass is 19.4. The van der Waals surface area contributed by atoms with Crippen molar-refractivity contribution in [3.8, 4) is 23.0 Å². The van der Waals surface area contributed by atoms with Gasteiger partial charge in [0.05, 0.1) is 40.0 Å². The molecule has 3 aromatic carbocycles. The summed E-state index contributed by atoms with van der Waals surface area (Å²) < 4.78 is 62.6. The highest BCUT2D eigenvalue weighted by Crippen LogP contribution is 2.44. The Morgan fingerprint density at radius 2 is 1.42 bits per heavy atom. The van der Waals surface area contributed by atoms with Crippen LogP contribution in [0.1, 0.15) is 38.7 Å². The van der Waals surface area contributed by atoms with Crippen molar-refractivity contribution in [1.82, 2.24) is 4.90 Å². The third kappa shape index (κ3) is 4.53. The van der Waals surface area contributed by atoms with Crippen LogP contribution in [0.5, 0.6) is 23.0 Å². The minimum absolute atomic E-state index is 0.198. The van der Waals surface area contributed by atoms with E-state index in [0.717, 1.165) is 17.7 Å². The van der Waals surface area contributed by atoms with Crippen LogP contribution in [0, 0.1) is 0 Å². The maximum absolute atomic E-state index is 14.0. The maximum atomic E-state index is 14.0. The van der Waals surface area contributed by atoms with Crippen LogP contribution in [0.25, 0.3) is 0 Å². The van der Waals surface area contributed by atoms with Crippen LogP contribution in [0.3, 0.4) is 0 Å². The summed E-state index contributed by atoms with van der Waals surface area (Å²) in [5.74, 6) is 1.11. The standard InChI is InChI=1S/C27H26F3NO5/c1-33-20-9-6-10-21(34-2)24(20)26(32)31-12-11-16-14-22(35-3)23(36-4)15-19(16)25(31)17-7-5-8-18(13-17)27(28,29)30/h5-10,13-15,25H,11-12H2,1-4H3. The molecular weight excluding hydrogens is 475 g/mol. The zero-order valence-corrected chi connectivity index (χ0v) is 20.3. The van der Waals surface area contributed by atoms with E-state index in [1.54, 1.807) is 41.3 Å². The van der Waals surface area contributed by atoms with E-state index in [1.807, 2.05) is 0 Å². The molecule has 0 saturated heterocycles. The fourth-order valence-electron chi connectivity index (χ4n) is 4.61. The lowest BCUT2D eigenvalue weighted by Crippen LogP contribution is -2.41. The van der Waals surface area contributed by atoms with Crippen molar-refractivity contribution in [3.63, 3.8) is 0 Å². The molecule has 1 unspecified atom stereocenters. The molecule has 0 radical (unpaired) electrons. The average molecular weight is 502 g/mol. The number of rotatable bonds is 6. The summed E-state index contributed by atoms with van der Waals surface area (Å²) in [5.41, 5.74) is 1.23. The number of methoxy groups -OCH3 is 4. The van der Waals surface area contributed by atoms with E-state index in [9.17, 15) is 18.0 Å². The van der Waals surface area contributed by atoms with Gasteiger partial charge >= 0.3 is 6.18 Å². The zero-order chi connectivity index (χ0) is 26.0. The largest absolute Gasteiger partial charge is 0.496 e. The van der Waals surface area contributed by atoms with Crippen LogP contribution in [0.4, 0.5) is 13.2 Å². The zero-order valence-electron chi connectivity index (χ0n) is 20.3. The molecule has 6 nitrogen and oxygen atoms in total. The van der Waals surface area contributed by atoms with Crippen LogP contribution >= 0.6 is 0 Å². The first-order valence-corrected chi connectivity index (χ1v) is 11.2. The Labute approximate surface area is 207 Å². The normalized spacial score (nSPS) is 15.2. The van der Waals surface area contributed by atoms with E-state index in [1.165, 1.54) is 34.5 Å². The molecule has 0 bridgehead atoms. The summed E-state index contributed by atoms with van der Waals surface area (Å²) in [5, 5.41) is 0. The fraction of sp³-hybridized carbons (Fsp3) is 0.296. The molecule has 9 heteroatoms. The smallest absolute Gasteiger partial charge is 0.416 e. The number of alkyl halides is 3. The quantitative estimate of drug-likeness (QED) is 0.445. The van der Waals surface area contributed by atoms with Crippen molar-refractivity contribution < 1.29 is 36.9 Å². The van der Waals surface area contributed by atoms with Gasteiger partial charge in [0.15, 0.2) is 11.5 Å². The van der Waals surface area contributed by atoms with Gasteiger partial charge in [-0.3, -0.25) is 4.79 Å². The minimum Gasteiger partial charge on any atom is -0.496 e. The predicted octanol–water partition coefficient (Wildman–Crippen LogP) is 5.53. The SMILES string of the molecule is COc1cc2c(cc1OC)C(c1cccc(C(F)(F)F)c1)N(C(=O)c1c(OC)cccc1OC)CC2. The number of hydrogen-bond donors (Lipinski definition) is 0. The fourth-order valence-corrected chi connectivity index (χ4v) is 4.61.